The number of hydrogen-bond donors (Lipinski definition) is 1. The Labute approximate surface area is 107 Å². The summed E-state index contributed by atoms with van der Waals surface area (Å²) in [5.41, 5.74) is 9.30. The van der Waals surface area contributed by atoms with Gasteiger partial charge < -0.3 is 10.5 Å². The first-order valence-electron chi connectivity index (χ1n) is 6.47. The van der Waals surface area contributed by atoms with Crippen molar-refractivity contribution in [3.8, 4) is 0 Å². The number of nitrogens with zero attached hydrogens (tertiary/aromatic N) is 1. The molecule has 1 aliphatic rings. The van der Waals surface area contributed by atoms with Crippen molar-refractivity contribution in [2.24, 2.45) is 5.73 Å². The topological polar surface area (TPSA) is 48.1 Å². The molecule has 18 heavy (non-hydrogen) atoms. The quantitative estimate of drug-likeness (QED) is 0.836. The van der Waals surface area contributed by atoms with Crippen molar-refractivity contribution in [2.75, 3.05) is 6.61 Å². The van der Waals surface area contributed by atoms with Crippen LogP contribution in [0.1, 0.15) is 30.2 Å². The zero-order valence-electron chi connectivity index (χ0n) is 10.6. The van der Waals surface area contributed by atoms with Crippen LogP contribution in [-0.4, -0.2) is 17.6 Å². The molecule has 3 rings (SSSR count). The Morgan fingerprint density at radius 3 is 3.00 bits per heavy atom. The first kappa shape index (κ1) is 11.6. The maximum Gasteiger partial charge on any atom is 0.0839 e. The number of benzene rings is 1. The minimum absolute atomic E-state index is 0.138. The van der Waals surface area contributed by atoms with E-state index in [9.17, 15) is 0 Å². The first-order chi connectivity index (χ1) is 8.72. The van der Waals surface area contributed by atoms with Crippen LogP contribution in [0.25, 0.3) is 10.9 Å². The number of aryl methyl sites for hydroxylation is 1. The Balaban J connectivity index is 1.95. The van der Waals surface area contributed by atoms with Crippen molar-refractivity contribution >= 4 is 10.9 Å². The van der Waals surface area contributed by atoms with E-state index in [0.717, 1.165) is 30.7 Å². The van der Waals surface area contributed by atoms with Crippen molar-refractivity contribution in [1.29, 1.82) is 0 Å². The van der Waals surface area contributed by atoms with Crippen LogP contribution in [0.3, 0.4) is 0 Å². The second-order valence-corrected chi connectivity index (χ2v) is 5.05. The summed E-state index contributed by atoms with van der Waals surface area (Å²) in [6, 6.07) is 10.8. The third-order valence-electron chi connectivity index (χ3n) is 3.55. The van der Waals surface area contributed by atoms with Crippen molar-refractivity contribution in [2.45, 2.75) is 31.9 Å². The molecular formula is C15H18N2O. The molecule has 2 N–H and O–H groups in total. The molecular weight excluding hydrogens is 224 g/mol. The van der Waals surface area contributed by atoms with Gasteiger partial charge >= 0.3 is 0 Å². The van der Waals surface area contributed by atoms with Crippen molar-refractivity contribution in [3.05, 3.63) is 41.6 Å². The highest BCUT2D eigenvalue weighted by Crippen LogP contribution is 2.29. The molecule has 0 radical (unpaired) electrons. The Bertz CT molecular complexity index is 567. The average molecular weight is 242 g/mol. The standard InChI is InChI=1S/C15H18N2O/c1-10-2-3-11-8-12(4-5-14(11)17-10)15-9-13(16)6-7-18-15/h2-5,8,13,15H,6-7,9,16H2,1H3. The van der Waals surface area contributed by atoms with Gasteiger partial charge in [-0.05, 0) is 43.5 Å². The Kier molecular flexibility index (Phi) is 3.02. The van der Waals surface area contributed by atoms with Crippen LogP contribution in [0.4, 0.5) is 0 Å². The van der Waals surface area contributed by atoms with Gasteiger partial charge in [-0.3, -0.25) is 4.98 Å². The van der Waals surface area contributed by atoms with Gasteiger partial charge in [0.15, 0.2) is 0 Å². The summed E-state index contributed by atoms with van der Waals surface area (Å²) in [5.74, 6) is 0. The summed E-state index contributed by atoms with van der Waals surface area (Å²) < 4.78 is 5.81. The molecule has 1 aromatic heterocycles. The summed E-state index contributed by atoms with van der Waals surface area (Å²) in [4.78, 5) is 4.51. The summed E-state index contributed by atoms with van der Waals surface area (Å²) >= 11 is 0. The molecule has 0 aliphatic carbocycles. The molecule has 94 valence electrons. The van der Waals surface area contributed by atoms with Crippen LogP contribution in [0.5, 0.6) is 0 Å². The minimum atomic E-state index is 0.138. The lowest BCUT2D eigenvalue weighted by molar-refractivity contribution is 0.00675. The van der Waals surface area contributed by atoms with E-state index in [1.807, 2.05) is 13.0 Å². The van der Waals surface area contributed by atoms with Crippen LogP contribution in [-0.2, 0) is 4.74 Å². The number of ether oxygens (including phenoxy) is 1. The lowest BCUT2D eigenvalue weighted by Gasteiger charge is -2.27. The zero-order chi connectivity index (χ0) is 12.5. The average Bonchev–Trinajstić information content (AvgIpc) is 2.38. The smallest absolute Gasteiger partial charge is 0.0839 e. The van der Waals surface area contributed by atoms with E-state index in [0.29, 0.717) is 0 Å². The molecule has 0 bridgehead atoms. The summed E-state index contributed by atoms with van der Waals surface area (Å²) in [5, 5.41) is 1.17. The number of rotatable bonds is 1. The molecule has 0 amide bonds. The predicted molar refractivity (Wildman–Crippen MR) is 72.4 cm³/mol. The fourth-order valence-corrected chi connectivity index (χ4v) is 2.50. The largest absolute Gasteiger partial charge is 0.373 e. The summed E-state index contributed by atoms with van der Waals surface area (Å²) in [6.07, 6.45) is 2.01. The van der Waals surface area contributed by atoms with Crippen LogP contribution < -0.4 is 5.73 Å². The molecule has 1 fully saturated rings. The molecule has 3 heteroatoms. The van der Waals surface area contributed by atoms with Gasteiger partial charge in [0, 0.05) is 23.7 Å². The van der Waals surface area contributed by atoms with Crippen LogP contribution in [0, 0.1) is 6.92 Å². The Morgan fingerprint density at radius 2 is 2.17 bits per heavy atom. The SMILES string of the molecule is Cc1ccc2cc(C3CC(N)CCO3)ccc2n1. The normalized spacial score (nSPS) is 24.3. The van der Waals surface area contributed by atoms with Gasteiger partial charge in [-0.1, -0.05) is 12.1 Å². The second kappa shape index (κ2) is 4.67. The molecule has 1 aromatic carbocycles. The fourth-order valence-electron chi connectivity index (χ4n) is 2.50. The molecule has 2 aromatic rings. The van der Waals surface area contributed by atoms with Gasteiger partial charge in [0.25, 0.3) is 0 Å². The molecule has 2 unspecified atom stereocenters. The maximum absolute atomic E-state index is 6.00. The first-order valence-corrected chi connectivity index (χ1v) is 6.47. The maximum atomic E-state index is 6.00. The molecule has 1 aliphatic heterocycles. The van der Waals surface area contributed by atoms with Gasteiger partial charge in [0.1, 0.15) is 0 Å². The van der Waals surface area contributed by atoms with Gasteiger partial charge in [0.2, 0.25) is 0 Å². The van der Waals surface area contributed by atoms with Crippen LogP contribution in [0.15, 0.2) is 30.3 Å². The van der Waals surface area contributed by atoms with Crippen LogP contribution >= 0.6 is 0 Å². The lowest BCUT2D eigenvalue weighted by atomic mass is 9.97. The third-order valence-corrected chi connectivity index (χ3v) is 3.55. The molecule has 1 saturated heterocycles. The molecule has 3 nitrogen and oxygen atoms in total. The number of hydrogen-bond acceptors (Lipinski definition) is 3. The molecule has 0 spiro atoms. The van der Waals surface area contributed by atoms with E-state index in [1.54, 1.807) is 0 Å². The number of aromatic nitrogens is 1. The number of nitrogens with two attached hydrogens (primary N) is 1. The molecule has 0 saturated carbocycles. The number of fused-ring (bicyclic) bond motifs is 1. The highest BCUT2D eigenvalue weighted by Gasteiger charge is 2.21. The van der Waals surface area contributed by atoms with Crippen molar-refractivity contribution in [3.63, 3.8) is 0 Å². The fraction of sp³-hybridized carbons (Fsp3) is 0.400. The summed E-state index contributed by atoms with van der Waals surface area (Å²) in [7, 11) is 0. The number of pyridine rings is 1. The predicted octanol–water partition coefficient (Wildman–Crippen LogP) is 2.72. The molecule has 2 heterocycles. The van der Waals surface area contributed by atoms with E-state index >= 15 is 0 Å². The highest BCUT2D eigenvalue weighted by molar-refractivity contribution is 5.79. The Morgan fingerprint density at radius 1 is 1.28 bits per heavy atom. The van der Waals surface area contributed by atoms with Gasteiger partial charge in [-0.15, -0.1) is 0 Å². The van der Waals surface area contributed by atoms with E-state index < -0.39 is 0 Å². The van der Waals surface area contributed by atoms with E-state index in [2.05, 4.69) is 29.2 Å². The summed E-state index contributed by atoms with van der Waals surface area (Å²) in [6.45, 7) is 2.77. The lowest BCUT2D eigenvalue weighted by Crippen LogP contribution is -2.30. The second-order valence-electron chi connectivity index (χ2n) is 5.05. The molecule has 2 atom stereocenters. The Hall–Kier alpha value is -1.45. The minimum Gasteiger partial charge on any atom is -0.373 e. The zero-order valence-corrected chi connectivity index (χ0v) is 10.6. The monoisotopic (exact) mass is 242 g/mol. The van der Waals surface area contributed by atoms with Crippen molar-refractivity contribution in [1.82, 2.24) is 4.98 Å². The van der Waals surface area contributed by atoms with E-state index in [-0.39, 0.29) is 12.1 Å². The van der Waals surface area contributed by atoms with Gasteiger partial charge in [-0.2, -0.15) is 0 Å². The van der Waals surface area contributed by atoms with E-state index in [4.69, 9.17) is 10.5 Å². The highest BCUT2D eigenvalue weighted by atomic mass is 16.5. The third kappa shape index (κ3) is 2.24. The van der Waals surface area contributed by atoms with Crippen molar-refractivity contribution < 1.29 is 4.74 Å². The van der Waals surface area contributed by atoms with Gasteiger partial charge in [0.05, 0.1) is 11.6 Å². The van der Waals surface area contributed by atoms with Gasteiger partial charge in [-0.25, -0.2) is 0 Å². The van der Waals surface area contributed by atoms with Crippen LogP contribution in [0.2, 0.25) is 0 Å². The van der Waals surface area contributed by atoms with E-state index in [1.165, 1.54) is 10.9 Å².